The van der Waals surface area contributed by atoms with Crippen molar-refractivity contribution in [3.05, 3.63) is 23.5 Å². The molecule has 5 nitrogen and oxygen atoms in total. The third-order valence-corrected chi connectivity index (χ3v) is 3.49. The molecule has 1 atom stereocenters. The number of aliphatic hydroxyl groups excluding tert-OH is 1. The second-order valence-electron chi connectivity index (χ2n) is 3.01. The highest BCUT2D eigenvalue weighted by atomic mass is 35.5. The lowest BCUT2D eigenvalue weighted by Gasteiger charge is -2.08. The minimum Gasteiger partial charge on any atom is -0.392 e. The van der Waals surface area contributed by atoms with Gasteiger partial charge in [-0.2, -0.15) is 0 Å². The molecule has 84 valence electrons. The summed E-state index contributed by atoms with van der Waals surface area (Å²) in [6, 6.07) is 1.39. The molecule has 1 aromatic rings. The number of pyridine rings is 1. The molecule has 0 fully saturated rings. The molecule has 0 bridgehead atoms. The highest BCUT2D eigenvalue weighted by Gasteiger charge is 2.17. The van der Waals surface area contributed by atoms with E-state index in [1.165, 1.54) is 19.2 Å². The third kappa shape index (κ3) is 3.42. The second kappa shape index (κ2) is 4.89. The van der Waals surface area contributed by atoms with E-state index in [-0.39, 0.29) is 16.5 Å². The molecule has 1 aromatic heterocycles. The second-order valence-corrected chi connectivity index (χ2v) is 5.15. The van der Waals surface area contributed by atoms with Crippen LogP contribution in [0.2, 0.25) is 5.02 Å². The summed E-state index contributed by atoms with van der Waals surface area (Å²) in [7, 11) is -3.69. The largest absolute Gasteiger partial charge is 0.392 e. The summed E-state index contributed by atoms with van der Waals surface area (Å²) in [4.78, 5) is 3.58. The van der Waals surface area contributed by atoms with Crippen LogP contribution in [0.3, 0.4) is 0 Å². The first-order valence-corrected chi connectivity index (χ1v) is 6.07. The van der Waals surface area contributed by atoms with Gasteiger partial charge in [-0.1, -0.05) is 11.6 Å². The summed E-state index contributed by atoms with van der Waals surface area (Å²) in [6.07, 6.45) is 1.80. The van der Waals surface area contributed by atoms with Crippen molar-refractivity contribution in [2.75, 3.05) is 6.54 Å². The van der Waals surface area contributed by atoms with Gasteiger partial charge in [-0.3, -0.25) is 4.98 Å². The number of aromatic nitrogens is 1. The van der Waals surface area contributed by atoms with E-state index in [2.05, 4.69) is 9.71 Å². The molecule has 0 radical (unpaired) electrons. The van der Waals surface area contributed by atoms with Crippen molar-refractivity contribution in [2.24, 2.45) is 0 Å². The number of halogens is 1. The molecule has 7 heteroatoms. The van der Waals surface area contributed by atoms with Gasteiger partial charge in [0.15, 0.2) is 0 Å². The van der Waals surface area contributed by atoms with Gasteiger partial charge < -0.3 is 5.11 Å². The Morgan fingerprint density at radius 1 is 1.67 bits per heavy atom. The Bertz CT molecular complexity index is 433. The van der Waals surface area contributed by atoms with E-state index in [1.807, 2.05) is 0 Å². The molecular weight excluding hydrogens is 240 g/mol. The molecule has 0 saturated carbocycles. The summed E-state index contributed by atoms with van der Waals surface area (Å²) in [5.74, 6) is 0. The Labute approximate surface area is 93.2 Å². The van der Waals surface area contributed by atoms with E-state index < -0.39 is 16.1 Å². The van der Waals surface area contributed by atoms with Gasteiger partial charge in [0.2, 0.25) is 10.0 Å². The number of hydrogen-bond donors (Lipinski definition) is 2. The van der Waals surface area contributed by atoms with Crippen molar-refractivity contribution in [2.45, 2.75) is 17.9 Å². The SMILES string of the molecule is C[C@H](O)CNS(=O)(=O)c1cnccc1Cl. The number of hydrogen-bond acceptors (Lipinski definition) is 4. The zero-order valence-corrected chi connectivity index (χ0v) is 9.59. The third-order valence-electron chi connectivity index (χ3n) is 1.59. The molecule has 0 aliphatic rings. The van der Waals surface area contributed by atoms with E-state index in [0.29, 0.717) is 0 Å². The molecule has 15 heavy (non-hydrogen) atoms. The molecule has 0 saturated heterocycles. The van der Waals surface area contributed by atoms with Gasteiger partial charge in [-0.15, -0.1) is 0 Å². The summed E-state index contributed by atoms with van der Waals surface area (Å²) < 4.78 is 25.4. The fourth-order valence-corrected chi connectivity index (χ4v) is 2.42. The number of nitrogens with zero attached hydrogens (tertiary/aromatic N) is 1. The lowest BCUT2D eigenvalue weighted by molar-refractivity contribution is 0.198. The van der Waals surface area contributed by atoms with Crippen molar-refractivity contribution < 1.29 is 13.5 Å². The first kappa shape index (κ1) is 12.4. The molecule has 0 spiro atoms. The van der Waals surface area contributed by atoms with Crippen molar-refractivity contribution in [1.82, 2.24) is 9.71 Å². The lowest BCUT2D eigenvalue weighted by atomic mass is 10.4. The molecular formula is C8H11ClN2O3S. The summed E-state index contributed by atoms with van der Waals surface area (Å²) in [5.41, 5.74) is 0. The Kier molecular flexibility index (Phi) is 4.04. The van der Waals surface area contributed by atoms with E-state index >= 15 is 0 Å². The van der Waals surface area contributed by atoms with Crippen molar-refractivity contribution in [3.8, 4) is 0 Å². The van der Waals surface area contributed by atoms with Crippen LogP contribution in [0.5, 0.6) is 0 Å². The van der Waals surface area contributed by atoms with Crippen LogP contribution < -0.4 is 4.72 Å². The van der Waals surface area contributed by atoms with Gasteiger partial charge in [0.1, 0.15) is 4.90 Å². The fraction of sp³-hybridized carbons (Fsp3) is 0.375. The summed E-state index contributed by atoms with van der Waals surface area (Å²) in [6.45, 7) is 1.42. The normalized spacial score (nSPS) is 13.8. The van der Waals surface area contributed by atoms with Crippen LogP contribution in [-0.2, 0) is 10.0 Å². The van der Waals surface area contributed by atoms with Gasteiger partial charge >= 0.3 is 0 Å². The van der Waals surface area contributed by atoms with Crippen LogP contribution in [0.1, 0.15) is 6.92 Å². The lowest BCUT2D eigenvalue weighted by Crippen LogP contribution is -2.30. The maximum absolute atomic E-state index is 11.6. The zero-order chi connectivity index (χ0) is 11.5. The first-order chi connectivity index (χ1) is 6.93. The average molecular weight is 251 g/mol. The van der Waals surface area contributed by atoms with Crippen molar-refractivity contribution in [1.29, 1.82) is 0 Å². The van der Waals surface area contributed by atoms with Crippen LogP contribution >= 0.6 is 11.6 Å². The van der Waals surface area contributed by atoms with E-state index in [9.17, 15) is 8.42 Å². The number of nitrogens with one attached hydrogen (secondary N) is 1. The monoisotopic (exact) mass is 250 g/mol. The Balaban J connectivity index is 2.92. The van der Waals surface area contributed by atoms with Gasteiger partial charge in [0, 0.05) is 18.9 Å². The zero-order valence-electron chi connectivity index (χ0n) is 8.01. The predicted molar refractivity (Wildman–Crippen MR) is 56.1 cm³/mol. The Morgan fingerprint density at radius 2 is 2.33 bits per heavy atom. The maximum atomic E-state index is 11.6. The number of aliphatic hydroxyl groups is 1. The summed E-state index contributed by atoms with van der Waals surface area (Å²) in [5, 5.41) is 9.06. The number of rotatable bonds is 4. The molecule has 2 N–H and O–H groups in total. The minimum atomic E-state index is -3.69. The molecule has 1 heterocycles. The van der Waals surface area contributed by atoms with Gasteiger partial charge in [-0.05, 0) is 13.0 Å². The van der Waals surface area contributed by atoms with Crippen molar-refractivity contribution >= 4 is 21.6 Å². The first-order valence-electron chi connectivity index (χ1n) is 4.20. The van der Waals surface area contributed by atoms with Crippen LogP contribution in [0.25, 0.3) is 0 Å². The topological polar surface area (TPSA) is 79.3 Å². The molecule has 0 aliphatic heterocycles. The van der Waals surface area contributed by atoms with E-state index in [4.69, 9.17) is 16.7 Å². The van der Waals surface area contributed by atoms with Crippen LogP contribution in [0.15, 0.2) is 23.4 Å². The molecule has 0 aliphatic carbocycles. The molecule has 0 amide bonds. The quantitative estimate of drug-likeness (QED) is 0.811. The average Bonchev–Trinajstić information content (AvgIpc) is 2.15. The minimum absolute atomic E-state index is 0.0619. The van der Waals surface area contributed by atoms with E-state index in [1.54, 1.807) is 0 Å². The Morgan fingerprint density at radius 3 is 2.87 bits per heavy atom. The van der Waals surface area contributed by atoms with Gasteiger partial charge in [-0.25, -0.2) is 13.1 Å². The highest BCUT2D eigenvalue weighted by Crippen LogP contribution is 2.18. The molecule has 0 unspecified atom stereocenters. The van der Waals surface area contributed by atoms with Gasteiger partial charge in [0.05, 0.1) is 11.1 Å². The Hall–Kier alpha value is -0.690. The van der Waals surface area contributed by atoms with Crippen LogP contribution in [0.4, 0.5) is 0 Å². The predicted octanol–water partition coefficient (Wildman–Crippen LogP) is 0.394. The smallest absolute Gasteiger partial charge is 0.243 e. The number of sulfonamides is 1. The standard InChI is InChI=1S/C8H11ClN2O3S/c1-6(12)4-11-15(13,14)8-5-10-3-2-7(8)9/h2-3,5-6,11-12H,4H2,1H3/t6-/m0/s1. The van der Waals surface area contributed by atoms with Gasteiger partial charge in [0.25, 0.3) is 0 Å². The van der Waals surface area contributed by atoms with Crippen LogP contribution in [0, 0.1) is 0 Å². The van der Waals surface area contributed by atoms with Crippen molar-refractivity contribution in [3.63, 3.8) is 0 Å². The molecule has 1 rings (SSSR count). The van der Waals surface area contributed by atoms with E-state index in [0.717, 1.165) is 6.20 Å². The fourth-order valence-electron chi connectivity index (χ4n) is 0.869. The molecule has 0 aromatic carbocycles. The highest BCUT2D eigenvalue weighted by molar-refractivity contribution is 7.89. The van der Waals surface area contributed by atoms with Crippen LogP contribution in [-0.4, -0.2) is 31.2 Å². The summed E-state index contributed by atoms with van der Waals surface area (Å²) >= 11 is 5.70. The maximum Gasteiger partial charge on any atom is 0.243 e.